The van der Waals surface area contributed by atoms with E-state index in [0.29, 0.717) is 10.6 Å². The summed E-state index contributed by atoms with van der Waals surface area (Å²) in [6.45, 7) is 7.16. The normalized spacial score (nSPS) is 10.9. The number of anilines is 1. The number of carbonyl (C=O) groups is 2. The van der Waals surface area contributed by atoms with Crippen molar-refractivity contribution in [2.24, 2.45) is 0 Å². The zero-order valence-electron chi connectivity index (χ0n) is 11.1. The third-order valence-corrected chi connectivity index (χ3v) is 2.89. The van der Waals surface area contributed by atoms with Gasteiger partial charge in [-0.25, -0.2) is 9.59 Å². The molecule has 0 spiro atoms. The number of hydrogen-bond donors (Lipinski definition) is 1. The molecular formula is C12H17NO4S. The summed E-state index contributed by atoms with van der Waals surface area (Å²) < 4.78 is 9.77. The van der Waals surface area contributed by atoms with E-state index in [-0.39, 0.29) is 0 Å². The first-order valence-electron chi connectivity index (χ1n) is 5.41. The molecule has 1 rings (SSSR count). The fourth-order valence-electron chi connectivity index (χ4n) is 1.26. The van der Waals surface area contributed by atoms with E-state index in [1.165, 1.54) is 18.4 Å². The van der Waals surface area contributed by atoms with Crippen molar-refractivity contribution in [1.29, 1.82) is 0 Å². The summed E-state index contributed by atoms with van der Waals surface area (Å²) >= 11 is 1.26. The molecule has 0 fully saturated rings. The summed E-state index contributed by atoms with van der Waals surface area (Å²) in [5.41, 5.74) is -0.167. The van der Waals surface area contributed by atoms with Gasteiger partial charge in [-0.05, 0) is 33.8 Å². The zero-order valence-corrected chi connectivity index (χ0v) is 11.9. The zero-order chi connectivity index (χ0) is 13.9. The van der Waals surface area contributed by atoms with Crippen molar-refractivity contribution in [1.82, 2.24) is 0 Å². The molecule has 0 aliphatic heterocycles. The lowest BCUT2D eigenvalue weighted by Gasteiger charge is -2.19. The maximum absolute atomic E-state index is 11.6. The first-order valence-corrected chi connectivity index (χ1v) is 6.23. The Kier molecular flexibility index (Phi) is 4.34. The molecule has 6 heteroatoms. The highest BCUT2D eigenvalue weighted by Gasteiger charge is 2.21. The minimum atomic E-state index is -0.592. The fourth-order valence-corrected chi connectivity index (χ4v) is 2.15. The van der Waals surface area contributed by atoms with Crippen LogP contribution in [0.15, 0.2) is 6.07 Å². The van der Waals surface area contributed by atoms with Crippen LogP contribution in [0.1, 0.15) is 35.3 Å². The monoisotopic (exact) mass is 271 g/mol. The van der Waals surface area contributed by atoms with Gasteiger partial charge in [-0.2, -0.15) is 0 Å². The molecule has 0 aromatic carbocycles. The Morgan fingerprint density at radius 3 is 2.44 bits per heavy atom. The van der Waals surface area contributed by atoms with Crippen molar-refractivity contribution in [3.05, 3.63) is 15.8 Å². The van der Waals surface area contributed by atoms with Crippen molar-refractivity contribution in [2.45, 2.75) is 33.3 Å². The molecular weight excluding hydrogens is 254 g/mol. The van der Waals surface area contributed by atoms with E-state index in [9.17, 15) is 9.59 Å². The van der Waals surface area contributed by atoms with Gasteiger partial charge in [0.15, 0.2) is 0 Å². The van der Waals surface area contributed by atoms with Gasteiger partial charge in [0, 0.05) is 4.88 Å². The van der Waals surface area contributed by atoms with Crippen LogP contribution in [0, 0.1) is 6.92 Å². The lowest BCUT2D eigenvalue weighted by atomic mass is 10.2. The van der Waals surface area contributed by atoms with Crippen molar-refractivity contribution in [3.63, 3.8) is 0 Å². The number of amides is 1. The van der Waals surface area contributed by atoms with Crippen LogP contribution in [-0.4, -0.2) is 24.8 Å². The Morgan fingerprint density at radius 2 is 1.94 bits per heavy atom. The lowest BCUT2D eigenvalue weighted by Crippen LogP contribution is -2.27. The molecule has 1 heterocycles. The first kappa shape index (κ1) is 14.5. The smallest absolute Gasteiger partial charge is 0.412 e. The van der Waals surface area contributed by atoms with Crippen LogP contribution in [0.3, 0.4) is 0 Å². The maximum Gasteiger partial charge on any atom is 0.412 e. The third-order valence-electron chi connectivity index (χ3n) is 1.86. The Labute approximate surface area is 110 Å². The van der Waals surface area contributed by atoms with E-state index >= 15 is 0 Å². The van der Waals surface area contributed by atoms with Crippen LogP contribution in [0.2, 0.25) is 0 Å². The molecule has 0 aliphatic carbocycles. The second-order valence-corrected chi connectivity index (χ2v) is 5.97. The predicted molar refractivity (Wildman–Crippen MR) is 70.3 cm³/mol. The number of methoxy groups -OCH3 is 1. The van der Waals surface area contributed by atoms with Crippen molar-refractivity contribution >= 4 is 29.1 Å². The molecule has 18 heavy (non-hydrogen) atoms. The second kappa shape index (κ2) is 5.39. The van der Waals surface area contributed by atoms with Crippen LogP contribution >= 0.6 is 11.3 Å². The average molecular weight is 271 g/mol. The molecule has 0 bridgehead atoms. The Morgan fingerprint density at radius 1 is 1.33 bits per heavy atom. The van der Waals surface area contributed by atoms with E-state index in [1.54, 1.807) is 26.8 Å². The Balaban J connectivity index is 2.84. The molecule has 0 aliphatic rings. The highest BCUT2D eigenvalue weighted by molar-refractivity contribution is 7.14. The molecule has 0 saturated carbocycles. The maximum atomic E-state index is 11.6. The van der Waals surface area contributed by atoms with E-state index in [0.717, 1.165) is 4.88 Å². The van der Waals surface area contributed by atoms with Crippen LogP contribution < -0.4 is 5.32 Å². The molecule has 1 aromatic rings. The molecule has 1 aromatic heterocycles. The van der Waals surface area contributed by atoms with E-state index < -0.39 is 17.7 Å². The molecule has 100 valence electrons. The van der Waals surface area contributed by atoms with Crippen LogP contribution in [-0.2, 0) is 9.47 Å². The van der Waals surface area contributed by atoms with Gasteiger partial charge >= 0.3 is 12.1 Å². The molecule has 0 radical (unpaired) electrons. The number of thiophene rings is 1. The van der Waals surface area contributed by atoms with Crippen molar-refractivity contribution in [2.75, 3.05) is 12.4 Å². The van der Waals surface area contributed by atoms with Gasteiger partial charge in [-0.15, -0.1) is 11.3 Å². The highest BCUT2D eigenvalue weighted by atomic mass is 32.1. The molecule has 5 nitrogen and oxygen atoms in total. The molecule has 0 atom stereocenters. The first-order chi connectivity index (χ1) is 8.23. The number of carbonyl (C=O) groups excluding carboxylic acids is 2. The Hall–Kier alpha value is -1.56. The summed E-state index contributed by atoms with van der Waals surface area (Å²) in [5.74, 6) is -0.473. The standard InChI is InChI=1S/C12H17NO4S/c1-7-6-8(9(18-7)10(14)16-5)13-11(15)17-12(2,3)4/h6H,1-5H3,(H,13,15). The fraction of sp³-hybridized carbons (Fsp3) is 0.500. The quantitative estimate of drug-likeness (QED) is 0.839. The average Bonchev–Trinajstić information content (AvgIpc) is 2.55. The largest absolute Gasteiger partial charge is 0.465 e. The summed E-state index contributed by atoms with van der Waals surface area (Å²) in [6, 6.07) is 1.71. The van der Waals surface area contributed by atoms with Crippen LogP contribution in [0.5, 0.6) is 0 Å². The van der Waals surface area contributed by atoms with Crippen LogP contribution in [0.25, 0.3) is 0 Å². The van der Waals surface area contributed by atoms with Gasteiger partial charge in [0.05, 0.1) is 12.8 Å². The van der Waals surface area contributed by atoms with Crippen molar-refractivity contribution in [3.8, 4) is 0 Å². The molecule has 0 unspecified atom stereocenters. The van der Waals surface area contributed by atoms with Gasteiger partial charge in [0.1, 0.15) is 10.5 Å². The number of ether oxygens (including phenoxy) is 2. The minimum Gasteiger partial charge on any atom is -0.465 e. The molecule has 1 N–H and O–H groups in total. The number of esters is 1. The van der Waals surface area contributed by atoms with E-state index in [1.807, 2.05) is 6.92 Å². The molecule has 0 saturated heterocycles. The summed E-state index contributed by atoms with van der Waals surface area (Å²) in [6.07, 6.45) is -0.592. The number of nitrogens with one attached hydrogen (secondary N) is 1. The van der Waals surface area contributed by atoms with Gasteiger partial charge in [0.2, 0.25) is 0 Å². The Bertz CT molecular complexity index is 459. The van der Waals surface area contributed by atoms with Gasteiger partial charge in [-0.3, -0.25) is 5.32 Å². The topological polar surface area (TPSA) is 64.6 Å². The van der Waals surface area contributed by atoms with E-state index in [4.69, 9.17) is 4.74 Å². The third kappa shape index (κ3) is 4.03. The SMILES string of the molecule is COC(=O)c1sc(C)cc1NC(=O)OC(C)(C)C. The molecule has 1 amide bonds. The van der Waals surface area contributed by atoms with Crippen molar-refractivity contribution < 1.29 is 19.1 Å². The predicted octanol–water partition coefficient (Wildman–Crippen LogP) is 3.19. The second-order valence-electron chi connectivity index (χ2n) is 4.72. The number of aryl methyl sites for hydroxylation is 1. The summed E-state index contributed by atoms with van der Waals surface area (Å²) in [7, 11) is 1.30. The van der Waals surface area contributed by atoms with Crippen LogP contribution in [0.4, 0.5) is 10.5 Å². The lowest BCUT2D eigenvalue weighted by molar-refractivity contribution is 0.0607. The number of rotatable bonds is 2. The highest BCUT2D eigenvalue weighted by Crippen LogP contribution is 2.27. The number of hydrogen-bond acceptors (Lipinski definition) is 5. The summed E-state index contributed by atoms with van der Waals surface area (Å²) in [5, 5.41) is 2.55. The minimum absolute atomic E-state index is 0.362. The van der Waals surface area contributed by atoms with Gasteiger partial charge in [-0.1, -0.05) is 0 Å². The summed E-state index contributed by atoms with van der Waals surface area (Å²) in [4.78, 5) is 24.4. The van der Waals surface area contributed by atoms with Gasteiger partial charge < -0.3 is 9.47 Å². The van der Waals surface area contributed by atoms with E-state index in [2.05, 4.69) is 10.1 Å². The van der Waals surface area contributed by atoms with Gasteiger partial charge in [0.25, 0.3) is 0 Å².